The van der Waals surface area contributed by atoms with Gasteiger partial charge in [0.2, 0.25) is 0 Å². The second kappa shape index (κ2) is 5.95. The number of likely N-dealkylation sites (N-methyl/N-ethyl adjacent to an activating group) is 1. The van der Waals surface area contributed by atoms with Gasteiger partial charge in [0.15, 0.2) is 5.82 Å². The number of fused-ring (bicyclic) bond motifs is 2. The lowest BCUT2D eigenvalue weighted by molar-refractivity contribution is 0.203. The van der Waals surface area contributed by atoms with Crippen LogP contribution in [0, 0.1) is 12.7 Å². The van der Waals surface area contributed by atoms with Crippen molar-refractivity contribution in [3.63, 3.8) is 0 Å². The molecule has 2 aliphatic heterocycles. The Bertz CT molecular complexity index is 949. The lowest BCUT2D eigenvalue weighted by atomic mass is 10.1. The van der Waals surface area contributed by atoms with Gasteiger partial charge in [-0.1, -0.05) is 11.6 Å². The van der Waals surface area contributed by atoms with Gasteiger partial charge < -0.3 is 10.2 Å². The van der Waals surface area contributed by atoms with Gasteiger partial charge in [0, 0.05) is 31.2 Å². The molecule has 0 spiro atoms. The van der Waals surface area contributed by atoms with Gasteiger partial charge >= 0.3 is 5.69 Å². The number of halogens is 3. The van der Waals surface area contributed by atoms with E-state index in [1.165, 1.54) is 2.78 Å². The summed E-state index contributed by atoms with van der Waals surface area (Å²) in [6, 6.07) is 0.440. The molecule has 0 amide bonds. The highest BCUT2D eigenvalue weighted by atomic mass is 127. The fraction of sp³-hybridized carbons (Fsp3) is 0.500. The molecule has 134 valence electrons. The number of nitrogens with zero attached hydrogens (tertiary/aromatic N) is 4. The Hall–Kier alpha value is -1.13. The largest absolute Gasteiger partial charge is 0.381 e. The van der Waals surface area contributed by atoms with E-state index in [0.717, 1.165) is 13.1 Å². The van der Waals surface area contributed by atoms with Gasteiger partial charge in [-0.15, -0.1) is 0 Å². The van der Waals surface area contributed by atoms with Gasteiger partial charge in [-0.25, -0.2) is 12.0 Å². The maximum atomic E-state index is 15.0. The maximum Gasteiger partial charge on any atom is 0.359 e. The molecule has 2 atom stereocenters. The summed E-state index contributed by atoms with van der Waals surface area (Å²) >= 11 is 8.26. The lowest BCUT2D eigenvalue weighted by Crippen LogP contribution is -2.58. The normalized spacial score (nSPS) is 23.4. The van der Waals surface area contributed by atoms with Crippen molar-refractivity contribution in [2.45, 2.75) is 25.9 Å². The average Bonchev–Trinajstić information content (AvgIpc) is 2.71. The number of anilines is 2. The first-order valence-electron chi connectivity index (χ1n) is 8.12. The van der Waals surface area contributed by atoms with Crippen LogP contribution in [0.3, 0.4) is 0 Å². The number of rotatable bonds is 0. The Labute approximate surface area is 163 Å². The summed E-state index contributed by atoms with van der Waals surface area (Å²) in [6.45, 7) is 5.97. The van der Waals surface area contributed by atoms with Gasteiger partial charge in [0.05, 0.1) is 45.0 Å². The molecule has 0 bridgehead atoms. The summed E-state index contributed by atoms with van der Waals surface area (Å²) in [6.07, 6.45) is 0. The number of aromatic nitrogens is 2. The van der Waals surface area contributed by atoms with E-state index in [1.54, 1.807) is 29.8 Å². The van der Waals surface area contributed by atoms with Crippen molar-refractivity contribution in [1.82, 2.24) is 12.7 Å². The van der Waals surface area contributed by atoms with Crippen LogP contribution >= 0.6 is 34.5 Å². The summed E-state index contributed by atoms with van der Waals surface area (Å²) in [4.78, 5) is 21.1. The zero-order valence-corrected chi connectivity index (χ0v) is 17.0. The third kappa shape index (κ3) is 2.44. The summed E-state index contributed by atoms with van der Waals surface area (Å²) in [7, 11) is 2.09. The number of nitrogens with one attached hydrogen (secondary N) is 1. The predicted octanol–water partition coefficient (Wildman–Crippen LogP) is 2.63. The molecule has 0 aliphatic carbocycles. The minimum Gasteiger partial charge on any atom is -0.381 e. The van der Waals surface area contributed by atoms with Gasteiger partial charge in [-0.05, 0) is 20.9 Å². The van der Waals surface area contributed by atoms with Crippen LogP contribution in [0.5, 0.6) is 0 Å². The van der Waals surface area contributed by atoms with Crippen LogP contribution in [0.1, 0.15) is 12.5 Å². The van der Waals surface area contributed by atoms with E-state index in [4.69, 9.17) is 11.6 Å². The molecule has 2 aromatic rings. The van der Waals surface area contributed by atoms with E-state index in [2.05, 4.69) is 34.1 Å². The topological polar surface area (TPSA) is 53.4 Å². The summed E-state index contributed by atoms with van der Waals surface area (Å²) in [5.74, 6) is 0.0555. The van der Waals surface area contributed by atoms with Crippen molar-refractivity contribution in [3.8, 4) is 0 Å². The highest BCUT2D eigenvalue weighted by Gasteiger charge is 2.36. The molecular weight excluding hydrogens is 460 g/mol. The van der Waals surface area contributed by atoms with Crippen molar-refractivity contribution in [3.05, 3.63) is 26.9 Å². The molecule has 25 heavy (non-hydrogen) atoms. The van der Waals surface area contributed by atoms with Crippen LogP contribution in [0.4, 0.5) is 15.9 Å². The average molecular weight is 478 g/mol. The Morgan fingerprint density at radius 1 is 1.40 bits per heavy atom. The van der Waals surface area contributed by atoms with Gasteiger partial charge in [0.25, 0.3) is 0 Å². The van der Waals surface area contributed by atoms with Gasteiger partial charge in [0.1, 0.15) is 11.3 Å². The van der Waals surface area contributed by atoms with E-state index in [9.17, 15) is 9.18 Å². The Morgan fingerprint density at radius 3 is 2.84 bits per heavy atom. The van der Waals surface area contributed by atoms with E-state index >= 15 is 0 Å². The first kappa shape index (κ1) is 17.3. The molecule has 2 aliphatic rings. The van der Waals surface area contributed by atoms with Crippen molar-refractivity contribution in [2.75, 3.05) is 36.9 Å². The fourth-order valence-electron chi connectivity index (χ4n) is 3.70. The van der Waals surface area contributed by atoms with Crippen LogP contribution in [0.15, 0.2) is 4.79 Å². The van der Waals surface area contributed by atoms with Crippen LogP contribution in [0.25, 0.3) is 10.9 Å². The third-order valence-electron chi connectivity index (χ3n) is 5.30. The van der Waals surface area contributed by atoms with Crippen molar-refractivity contribution >= 4 is 56.9 Å². The molecule has 1 aromatic carbocycles. The summed E-state index contributed by atoms with van der Waals surface area (Å²) in [5, 5.41) is 4.32. The molecule has 0 radical (unpaired) electrons. The zero-order chi connectivity index (χ0) is 18.0. The molecule has 1 fully saturated rings. The number of benzene rings is 1. The fourth-order valence-corrected chi connectivity index (χ4v) is 4.50. The highest BCUT2D eigenvalue weighted by molar-refractivity contribution is 14.1. The minimum absolute atomic E-state index is 0.133. The molecule has 0 saturated carbocycles. The van der Waals surface area contributed by atoms with E-state index in [-0.39, 0.29) is 11.6 Å². The zero-order valence-electron chi connectivity index (χ0n) is 14.1. The van der Waals surface area contributed by atoms with Gasteiger partial charge in [-0.2, -0.15) is 4.98 Å². The quantitative estimate of drug-likeness (QED) is 0.591. The predicted molar refractivity (Wildman–Crippen MR) is 107 cm³/mol. The second-order valence-electron chi connectivity index (χ2n) is 6.83. The number of hydrogen-bond donors (Lipinski definition) is 1. The molecule has 2 unspecified atom stereocenters. The first-order valence-corrected chi connectivity index (χ1v) is 9.46. The maximum absolute atomic E-state index is 15.0. The monoisotopic (exact) mass is 477 g/mol. The molecule has 3 heterocycles. The SMILES string of the molecule is Cc1c(Cl)c2c3c(nc(=O)n(I)c3c1F)N1CC(C)N(C)CC1CN2. The molecule has 1 aromatic heterocycles. The summed E-state index contributed by atoms with van der Waals surface area (Å²) < 4.78 is 16.2. The standard InChI is InChI=1S/C16H18ClFIN5O/c1-7-5-23-9(6-22(7)3)4-20-13-10-14(12(18)8(2)11(13)17)24(19)16(25)21-15(10)23/h7,9,20H,4-6H2,1-3H3. The van der Waals surface area contributed by atoms with E-state index in [1.807, 2.05) is 0 Å². The summed E-state index contributed by atoms with van der Waals surface area (Å²) in [5.41, 5.74) is 0.770. The Balaban J connectivity index is 2.09. The van der Waals surface area contributed by atoms with Crippen molar-refractivity contribution in [2.24, 2.45) is 0 Å². The third-order valence-corrected chi connectivity index (χ3v) is 6.67. The molecule has 1 N–H and O–H groups in total. The van der Waals surface area contributed by atoms with Crippen LogP contribution in [0.2, 0.25) is 5.02 Å². The minimum atomic E-state index is -0.471. The van der Waals surface area contributed by atoms with Gasteiger partial charge in [-0.3, -0.25) is 4.90 Å². The van der Waals surface area contributed by atoms with Crippen LogP contribution in [-0.4, -0.2) is 51.4 Å². The van der Waals surface area contributed by atoms with Crippen molar-refractivity contribution < 1.29 is 4.39 Å². The highest BCUT2D eigenvalue weighted by Crippen LogP contribution is 2.43. The molecular formula is C16H18ClFIN5O. The lowest BCUT2D eigenvalue weighted by Gasteiger charge is -2.43. The molecule has 4 rings (SSSR count). The molecule has 9 heteroatoms. The van der Waals surface area contributed by atoms with Crippen LogP contribution in [-0.2, 0) is 0 Å². The van der Waals surface area contributed by atoms with Crippen molar-refractivity contribution in [1.29, 1.82) is 0 Å². The first-order chi connectivity index (χ1) is 11.8. The van der Waals surface area contributed by atoms with Crippen LogP contribution < -0.4 is 15.9 Å². The smallest absolute Gasteiger partial charge is 0.359 e. The number of hydrogen-bond acceptors (Lipinski definition) is 5. The number of piperazine rings is 1. The van der Waals surface area contributed by atoms with E-state index < -0.39 is 11.5 Å². The Morgan fingerprint density at radius 2 is 2.12 bits per heavy atom. The van der Waals surface area contributed by atoms with E-state index in [0.29, 0.717) is 40.1 Å². The molecule has 1 saturated heterocycles. The second-order valence-corrected chi connectivity index (χ2v) is 8.17. The Kier molecular flexibility index (Phi) is 4.12. The molecule has 6 nitrogen and oxygen atoms in total.